The summed E-state index contributed by atoms with van der Waals surface area (Å²) in [7, 11) is 0. The summed E-state index contributed by atoms with van der Waals surface area (Å²) >= 11 is 0. The van der Waals surface area contributed by atoms with Crippen molar-refractivity contribution in [3.63, 3.8) is 0 Å². The Labute approximate surface area is 121 Å². The minimum Gasteiger partial charge on any atom is -0.444 e. The van der Waals surface area contributed by atoms with Gasteiger partial charge in [0.15, 0.2) is 5.78 Å². The molecule has 1 aliphatic heterocycles. The monoisotopic (exact) mass is 284 g/mol. The zero-order valence-corrected chi connectivity index (χ0v) is 11.2. The molecule has 0 spiro atoms. The van der Waals surface area contributed by atoms with Gasteiger partial charge in [0.1, 0.15) is 23.2 Å². The minimum atomic E-state index is -0.771. The van der Waals surface area contributed by atoms with E-state index in [1.807, 2.05) is 6.07 Å². The van der Waals surface area contributed by atoms with E-state index in [-0.39, 0.29) is 22.8 Å². The number of benzene rings is 1. The van der Waals surface area contributed by atoms with Crippen LogP contribution in [-0.4, -0.2) is 5.78 Å². The van der Waals surface area contributed by atoms with Gasteiger partial charge in [-0.15, -0.1) is 0 Å². The Kier molecular flexibility index (Phi) is 3.22. The lowest BCUT2D eigenvalue weighted by atomic mass is 9.77. The number of nitriles is 1. The normalized spacial score (nSPS) is 21.7. The maximum absolute atomic E-state index is 14.1. The van der Waals surface area contributed by atoms with Gasteiger partial charge >= 0.3 is 0 Å². The minimum absolute atomic E-state index is 0.0424. The summed E-state index contributed by atoms with van der Waals surface area (Å²) in [4.78, 5) is 12.3. The molecule has 106 valence electrons. The molecular formula is C16H13FN2O2. The molecule has 2 aliphatic rings. The zero-order chi connectivity index (χ0) is 15.0. The van der Waals surface area contributed by atoms with Crippen LogP contribution < -0.4 is 5.73 Å². The molecule has 1 aromatic carbocycles. The van der Waals surface area contributed by atoms with Crippen molar-refractivity contribution in [2.24, 2.45) is 5.73 Å². The fraction of sp³-hybridized carbons (Fsp3) is 0.250. The average molecular weight is 284 g/mol. The number of rotatable bonds is 1. The summed E-state index contributed by atoms with van der Waals surface area (Å²) in [6.07, 6.45) is 1.63. The number of Topliss-reactive ketones (excluding diaryl/α,β-unsaturated/α-hetero) is 1. The van der Waals surface area contributed by atoms with Crippen LogP contribution in [-0.2, 0) is 9.53 Å². The maximum atomic E-state index is 14.1. The molecule has 0 bridgehead atoms. The molecular weight excluding hydrogens is 271 g/mol. The Morgan fingerprint density at radius 1 is 1.33 bits per heavy atom. The lowest BCUT2D eigenvalue weighted by Crippen LogP contribution is -2.27. The number of nitrogens with zero attached hydrogens (tertiary/aromatic N) is 1. The van der Waals surface area contributed by atoms with Crippen LogP contribution in [0.2, 0.25) is 0 Å². The second-order valence-electron chi connectivity index (χ2n) is 5.06. The molecule has 0 amide bonds. The highest BCUT2D eigenvalue weighted by atomic mass is 19.1. The number of carbonyl (C=O) groups excluding carboxylic acids is 1. The number of hydrogen-bond acceptors (Lipinski definition) is 4. The van der Waals surface area contributed by atoms with E-state index < -0.39 is 11.7 Å². The zero-order valence-electron chi connectivity index (χ0n) is 11.2. The van der Waals surface area contributed by atoms with Crippen LogP contribution in [0.1, 0.15) is 30.7 Å². The van der Waals surface area contributed by atoms with E-state index in [4.69, 9.17) is 10.5 Å². The van der Waals surface area contributed by atoms with Crippen LogP contribution in [0.15, 0.2) is 47.1 Å². The lowest BCUT2D eigenvalue weighted by Gasteiger charge is -2.31. The van der Waals surface area contributed by atoms with Gasteiger partial charge in [-0.1, -0.05) is 18.2 Å². The fourth-order valence-corrected chi connectivity index (χ4v) is 2.88. The third-order valence-electron chi connectivity index (χ3n) is 3.82. The molecule has 4 nitrogen and oxygen atoms in total. The van der Waals surface area contributed by atoms with Crippen molar-refractivity contribution in [2.45, 2.75) is 25.2 Å². The van der Waals surface area contributed by atoms with Crippen LogP contribution in [0.3, 0.4) is 0 Å². The molecule has 0 aromatic heterocycles. The second kappa shape index (κ2) is 5.06. The molecule has 1 unspecified atom stereocenters. The molecule has 21 heavy (non-hydrogen) atoms. The van der Waals surface area contributed by atoms with Crippen LogP contribution in [0.5, 0.6) is 0 Å². The molecule has 5 heteroatoms. The van der Waals surface area contributed by atoms with Gasteiger partial charge in [-0.05, 0) is 12.5 Å². The summed E-state index contributed by atoms with van der Waals surface area (Å²) < 4.78 is 19.6. The predicted molar refractivity (Wildman–Crippen MR) is 72.9 cm³/mol. The van der Waals surface area contributed by atoms with Crippen molar-refractivity contribution in [2.75, 3.05) is 0 Å². The number of halogens is 1. The Balaban J connectivity index is 2.23. The highest BCUT2D eigenvalue weighted by Gasteiger charge is 2.38. The Hall–Kier alpha value is -2.61. The van der Waals surface area contributed by atoms with Gasteiger partial charge in [0, 0.05) is 24.0 Å². The quantitative estimate of drug-likeness (QED) is 0.860. The fourth-order valence-electron chi connectivity index (χ4n) is 2.88. The smallest absolute Gasteiger partial charge is 0.205 e. The second-order valence-corrected chi connectivity index (χ2v) is 5.06. The number of ether oxygens (including phenoxy) is 1. The highest BCUT2D eigenvalue weighted by molar-refractivity contribution is 5.99. The average Bonchev–Trinajstić information content (AvgIpc) is 2.47. The van der Waals surface area contributed by atoms with E-state index in [0.717, 1.165) is 0 Å². The third kappa shape index (κ3) is 2.09. The van der Waals surface area contributed by atoms with Crippen molar-refractivity contribution >= 4 is 5.78 Å². The van der Waals surface area contributed by atoms with Gasteiger partial charge < -0.3 is 10.5 Å². The molecule has 0 fully saturated rings. The molecule has 1 atom stereocenters. The Bertz CT molecular complexity index is 728. The van der Waals surface area contributed by atoms with Crippen molar-refractivity contribution in [1.82, 2.24) is 0 Å². The summed E-state index contributed by atoms with van der Waals surface area (Å²) in [5, 5.41) is 9.34. The van der Waals surface area contributed by atoms with Crippen LogP contribution >= 0.6 is 0 Å². The van der Waals surface area contributed by atoms with Gasteiger partial charge in [-0.2, -0.15) is 5.26 Å². The first-order valence-corrected chi connectivity index (χ1v) is 6.71. The summed E-state index contributed by atoms with van der Waals surface area (Å²) in [5.41, 5.74) is 6.53. The number of hydrogen-bond donors (Lipinski definition) is 1. The third-order valence-corrected chi connectivity index (χ3v) is 3.82. The topological polar surface area (TPSA) is 76.1 Å². The van der Waals surface area contributed by atoms with Crippen molar-refractivity contribution in [3.8, 4) is 6.07 Å². The largest absolute Gasteiger partial charge is 0.444 e. The van der Waals surface area contributed by atoms with E-state index in [0.29, 0.717) is 30.6 Å². The molecule has 3 rings (SSSR count). The number of carbonyl (C=O) groups is 1. The molecule has 2 N–H and O–H groups in total. The molecule has 1 heterocycles. The van der Waals surface area contributed by atoms with E-state index in [1.54, 1.807) is 18.2 Å². The predicted octanol–water partition coefficient (Wildman–Crippen LogP) is 2.64. The van der Waals surface area contributed by atoms with Gasteiger partial charge in [-0.3, -0.25) is 4.79 Å². The summed E-state index contributed by atoms with van der Waals surface area (Å²) in [6, 6.07) is 8.08. The standard InChI is InChI=1S/C16H13FN2O2/c17-11-5-2-1-4-9(11)14-10(8-18)16(19)21-13-7-3-6-12(20)15(13)14/h1-2,4-5,14H,3,6-7,19H2. The van der Waals surface area contributed by atoms with E-state index in [2.05, 4.69) is 0 Å². The first kappa shape index (κ1) is 13.4. The van der Waals surface area contributed by atoms with Crippen molar-refractivity contribution < 1.29 is 13.9 Å². The maximum Gasteiger partial charge on any atom is 0.205 e. The number of allylic oxidation sites excluding steroid dienone is 3. The molecule has 0 radical (unpaired) electrons. The first-order chi connectivity index (χ1) is 10.1. The van der Waals surface area contributed by atoms with Gasteiger partial charge in [0.25, 0.3) is 0 Å². The van der Waals surface area contributed by atoms with Crippen molar-refractivity contribution in [3.05, 3.63) is 58.4 Å². The Morgan fingerprint density at radius 3 is 2.81 bits per heavy atom. The van der Waals surface area contributed by atoms with Gasteiger partial charge in [-0.25, -0.2) is 4.39 Å². The molecule has 0 saturated heterocycles. The summed E-state index contributed by atoms with van der Waals surface area (Å²) in [6.45, 7) is 0. The molecule has 0 saturated carbocycles. The van der Waals surface area contributed by atoms with Crippen LogP contribution in [0.25, 0.3) is 0 Å². The lowest BCUT2D eigenvalue weighted by molar-refractivity contribution is -0.116. The molecule has 1 aromatic rings. The SMILES string of the molecule is N#CC1=C(N)OC2=C(C(=O)CCC2)C1c1ccccc1F. The summed E-state index contributed by atoms with van der Waals surface area (Å²) in [5.74, 6) is -0.914. The van der Waals surface area contributed by atoms with Crippen LogP contribution in [0, 0.1) is 17.1 Å². The van der Waals surface area contributed by atoms with E-state index in [9.17, 15) is 14.4 Å². The number of ketones is 1. The Morgan fingerprint density at radius 2 is 2.10 bits per heavy atom. The highest BCUT2D eigenvalue weighted by Crippen LogP contribution is 2.43. The molecule has 1 aliphatic carbocycles. The first-order valence-electron chi connectivity index (χ1n) is 6.71. The van der Waals surface area contributed by atoms with Gasteiger partial charge in [0.2, 0.25) is 5.88 Å². The van der Waals surface area contributed by atoms with E-state index >= 15 is 0 Å². The number of nitrogens with two attached hydrogens (primary N) is 1. The van der Waals surface area contributed by atoms with Crippen molar-refractivity contribution in [1.29, 1.82) is 5.26 Å². The van der Waals surface area contributed by atoms with Crippen LogP contribution in [0.4, 0.5) is 4.39 Å². The van der Waals surface area contributed by atoms with Gasteiger partial charge in [0.05, 0.1) is 5.92 Å². The van der Waals surface area contributed by atoms with E-state index in [1.165, 1.54) is 6.07 Å².